The first-order chi connectivity index (χ1) is 11.4. The van der Waals surface area contributed by atoms with Crippen LogP contribution in [0.5, 0.6) is 6.01 Å². The van der Waals surface area contributed by atoms with E-state index in [1.54, 1.807) is 7.05 Å². The molecule has 1 aliphatic rings. The number of methoxy groups -OCH3 is 1. The van der Waals surface area contributed by atoms with Gasteiger partial charge in [-0.1, -0.05) is 0 Å². The molecular weight excluding hydrogens is 316 g/mol. The summed E-state index contributed by atoms with van der Waals surface area (Å²) < 4.78 is 6.37. The lowest BCUT2D eigenvalue weighted by molar-refractivity contribution is -0.384. The topological polar surface area (TPSA) is 120 Å². The average Bonchev–Trinajstić information content (AvgIpc) is 2.58. The van der Waals surface area contributed by atoms with Crippen LogP contribution in [-0.4, -0.2) is 26.7 Å². The maximum absolute atomic E-state index is 12.3. The van der Waals surface area contributed by atoms with Crippen LogP contribution < -0.4 is 15.6 Å². The molecule has 1 aromatic carbocycles. The van der Waals surface area contributed by atoms with Crippen molar-refractivity contribution < 1.29 is 14.8 Å². The highest BCUT2D eigenvalue weighted by molar-refractivity contribution is 5.51. The summed E-state index contributed by atoms with van der Waals surface area (Å²) in [7, 11) is 2.96. The van der Waals surface area contributed by atoms with Gasteiger partial charge >= 0.3 is 6.01 Å². The zero-order valence-corrected chi connectivity index (χ0v) is 13.1. The highest BCUT2D eigenvalue weighted by Gasteiger charge is 2.36. The number of rotatable bonds is 3. The minimum absolute atomic E-state index is 0.0628. The van der Waals surface area contributed by atoms with E-state index in [0.29, 0.717) is 17.5 Å². The molecule has 9 heteroatoms. The molecule has 0 bridgehead atoms. The Bertz CT molecular complexity index is 861. The fraction of sp³-hybridized carbons (Fsp3) is 0.333. The van der Waals surface area contributed by atoms with Gasteiger partial charge in [0.2, 0.25) is 0 Å². The number of aromatic nitrogens is 2. The Labute approximate surface area is 136 Å². The van der Waals surface area contributed by atoms with Gasteiger partial charge in [0.1, 0.15) is 5.82 Å². The lowest BCUT2D eigenvalue weighted by atomic mass is 9.92. The molecule has 24 heavy (non-hydrogen) atoms. The van der Waals surface area contributed by atoms with Gasteiger partial charge < -0.3 is 15.2 Å². The Kier molecular flexibility index (Phi) is 3.72. The van der Waals surface area contributed by atoms with Gasteiger partial charge in [-0.05, 0) is 18.6 Å². The number of nitro groups is 1. The zero-order chi connectivity index (χ0) is 17.5. The van der Waals surface area contributed by atoms with Crippen LogP contribution in [0.3, 0.4) is 0 Å². The molecule has 3 rings (SSSR count). The molecule has 0 aliphatic carbocycles. The Morgan fingerprint density at radius 1 is 1.42 bits per heavy atom. The van der Waals surface area contributed by atoms with Crippen molar-refractivity contribution in [1.82, 2.24) is 9.55 Å². The van der Waals surface area contributed by atoms with Crippen molar-refractivity contribution in [3.05, 3.63) is 55.9 Å². The minimum atomic E-state index is -1.47. The number of non-ortho nitro benzene ring substituents is 1. The van der Waals surface area contributed by atoms with Crippen LogP contribution in [0, 0.1) is 10.1 Å². The summed E-state index contributed by atoms with van der Waals surface area (Å²) in [5.74, 6) is 0.252. The minimum Gasteiger partial charge on any atom is -0.468 e. The molecule has 1 unspecified atom stereocenters. The third-order valence-corrected chi connectivity index (χ3v) is 4.14. The lowest BCUT2D eigenvalue weighted by Gasteiger charge is -2.35. The molecule has 0 radical (unpaired) electrons. The van der Waals surface area contributed by atoms with E-state index in [2.05, 4.69) is 10.3 Å². The Morgan fingerprint density at radius 3 is 2.67 bits per heavy atom. The second kappa shape index (κ2) is 5.60. The predicted octanol–water partition coefficient (Wildman–Crippen LogP) is 0.900. The molecule has 1 atom stereocenters. The van der Waals surface area contributed by atoms with Crippen LogP contribution in [0.15, 0.2) is 29.1 Å². The number of anilines is 1. The first-order valence-corrected chi connectivity index (χ1v) is 7.25. The van der Waals surface area contributed by atoms with Gasteiger partial charge in [-0.15, -0.1) is 0 Å². The standard InChI is InChI=1S/C15H16N4O5/c1-18-13(20)11-7-8-15(21,17-12(11)16-14(18)24-2)9-3-5-10(6-4-9)19(22)23/h3-6,17,21H,7-8H2,1-2H3. The second-order valence-corrected chi connectivity index (χ2v) is 5.58. The Balaban J connectivity index is 2.00. The van der Waals surface area contributed by atoms with Crippen molar-refractivity contribution in [2.24, 2.45) is 7.05 Å². The third kappa shape index (κ3) is 2.48. The molecule has 0 saturated carbocycles. The molecule has 0 spiro atoms. The number of nitrogens with zero attached hydrogens (tertiary/aromatic N) is 3. The number of hydrogen-bond acceptors (Lipinski definition) is 7. The van der Waals surface area contributed by atoms with E-state index in [1.165, 1.54) is 35.9 Å². The van der Waals surface area contributed by atoms with Gasteiger partial charge in [-0.2, -0.15) is 4.98 Å². The molecule has 126 valence electrons. The number of ether oxygens (including phenoxy) is 1. The van der Waals surface area contributed by atoms with Gasteiger partial charge in [-0.3, -0.25) is 19.5 Å². The van der Waals surface area contributed by atoms with Gasteiger partial charge in [0.05, 0.1) is 17.6 Å². The molecule has 2 aromatic rings. The van der Waals surface area contributed by atoms with Gasteiger partial charge in [0.25, 0.3) is 11.2 Å². The largest absolute Gasteiger partial charge is 0.468 e. The lowest BCUT2D eigenvalue weighted by Crippen LogP contribution is -2.42. The number of aliphatic hydroxyl groups is 1. The molecule has 2 heterocycles. The van der Waals surface area contributed by atoms with Gasteiger partial charge in [0, 0.05) is 31.2 Å². The van der Waals surface area contributed by atoms with Crippen LogP contribution in [0.2, 0.25) is 0 Å². The van der Waals surface area contributed by atoms with Crippen molar-refractivity contribution in [2.45, 2.75) is 18.6 Å². The van der Waals surface area contributed by atoms with E-state index in [0.717, 1.165) is 0 Å². The van der Waals surface area contributed by atoms with E-state index >= 15 is 0 Å². The highest BCUT2D eigenvalue weighted by Crippen LogP contribution is 2.34. The molecule has 0 saturated heterocycles. The summed E-state index contributed by atoms with van der Waals surface area (Å²) in [5, 5.41) is 24.5. The summed E-state index contributed by atoms with van der Waals surface area (Å²) in [4.78, 5) is 26.8. The molecule has 2 N–H and O–H groups in total. The summed E-state index contributed by atoms with van der Waals surface area (Å²) in [6.07, 6.45) is 0.556. The summed E-state index contributed by atoms with van der Waals surface area (Å²) in [6.45, 7) is 0. The van der Waals surface area contributed by atoms with E-state index in [1.807, 2.05) is 0 Å². The fourth-order valence-electron chi connectivity index (χ4n) is 2.78. The molecular formula is C15H16N4O5. The number of nitrogens with one attached hydrogen (secondary N) is 1. The number of hydrogen-bond donors (Lipinski definition) is 2. The molecule has 1 aromatic heterocycles. The molecule has 9 nitrogen and oxygen atoms in total. The second-order valence-electron chi connectivity index (χ2n) is 5.58. The molecule has 0 fully saturated rings. The number of benzene rings is 1. The molecule has 1 aliphatic heterocycles. The first kappa shape index (κ1) is 15.9. The Hall–Kier alpha value is -2.94. The van der Waals surface area contributed by atoms with E-state index in [4.69, 9.17) is 4.74 Å². The van der Waals surface area contributed by atoms with Crippen molar-refractivity contribution in [3.63, 3.8) is 0 Å². The maximum atomic E-state index is 12.3. The van der Waals surface area contributed by atoms with Crippen LogP contribution in [0.4, 0.5) is 11.5 Å². The molecule has 0 amide bonds. The van der Waals surface area contributed by atoms with E-state index in [9.17, 15) is 20.0 Å². The smallest absolute Gasteiger partial charge is 0.300 e. The summed E-state index contributed by atoms with van der Waals surface area (Å²) in [6, 6.07) is 5.73. The van der Waals surface area contributed by atoms with Crippen molar-refractivity contribution in [3.8, 4) is 6.01 Å². The Morgan fingerprint density at radius 2 is 2.08 bits per heavy atom. The SMILES string of the molecule is COc1nc2c(c(=O)n1C)CCC(O)(c1ccc([N+](=O)[O-])cc1)N2. The van der Waals surface area contributed by atoms with Crippen LogP contribution in [0.1, 0.15) is 17.5 Å². The third-order valence-electron chi connectivity index (χ3n) is 4.14. The van der Waals surface area contributed by atoms with E-state index in [-0.39, 0.29) is 29.5 Å². The number of fused-ring (bicyclic) bond motifs is 1. The average molecular weight is 332 g/mol. The van der Waals surface area contributed by atoms with Crippen LogP contribution in [-0.2, 0) is 19.2 Å². The quantitative estimate of drug-likeness (QED) is 0.633. The zero-order valence-electron chi connectivity index (χ0n) is 13.1. The summed E-state index contributed by atoms with van der Waals surface area (Å²) in [5.41, 5.74) is -0.848. The number of nitro benzene ring substituents is 1. The van der Waals surface area contributed by atoms with Gasteiger partial charge in [0.15, 0.2) is 5.72 Å². The first-order valence-electron chi connectivity index (χ1n) is 7.25. The predicted molar refractivity (Wildman–Crippen MR) is 85.0 cm³/mol. The van der Waals surface area contributed by atoms with E-state index < -0.39 is 10.6 Å². The highest BCUT2D eigenvalue weighted by atomic mass is 16.6. The van der Waals surface area contributed by atoms with Crippen molar-refractivity contribution in [1.29, 1.82) is 0 Å². The van der Waals surface area contributed by atoms with Crippen LogP contribution >= 0.6 is 0 Å². The normalized spacial score (nSPS) is 19.3. The van der Waals surface area contributed by atoms with Crippen molar-refractivity contribution in [2.75, 3.05) is 12.4 Å². The fourth-order valence-corrected chi connectivity index (χ4v) is 2.78. The van der Waals surface area contributed by atoms with Crippen molar-refractivity contribution >= 4 is 11.5 Å². The maximum Gasteiger partial charge on any atom is 0.300 e. The van der Waals surface area contributed by atoms with Gasteiger partial charge in [-0.25, -0.2) is 0 Å². The van der Waals surface area contributed by atoms with Crippen LogP contribution in [0.25, 0.3) is 0 Å². The summed E-state index contributed by atoms with van der Waals surface area (Å²) >= 11 is 0. The monoisotopic (exact) mass is 332 g/mol.